The Hall–Kier alpha value is -2.78. The average Bonchev–Trinajstić information content (AvgIpc) is 3.24. The van der Waals surface area contributed by atoms with E-state index in [4.69, 9.17) is 19.7 Å². The van der Waals surface area contributed by atoms with Gasteiger partial charge in [-0.2, -0.15) is 10.2 Å². The van der Waals surface area contributed by atoms with Crippen molar-refractivity contribution in [1.82, 2.24) is 29.4 Å². The Bertz CT molecular complexity index is 1130. The van der Waals surface area contributed by atoms with Gasteiger partial charge in [0.2, 0.25) is 5.88 Å². The Morgan fingerprint density at radius 1 is 1.18 bits per heavy atom. The van der Waals surface area contributed by atoms with Crippen LogP contribution in [0.15, 0.2) is 18.5 Å². The van der Waals surface area contributed by atoms with Gasteiger partial charge in [-0.15, -0.1) is 0 Å². The first-order valence-corrected chi connectivity index (χ1v) is 11.6. The normalized spacial score (nSPS) is 17.7. The molecule has 0 aliphatic carbocycles. The molecule has 1 fully saturated rings. The largest absolute Gasteiger partial charge is 0.479 e. The van der Waals surface area contributed by atoms with Crippen LogP contribution in [-0.2, 0) is 24.1 Å². The number of piperidine rings is 1. The van der Waals surface area contributed by atoms with Crippen LogP contribution in [0.1, 0.15) is 29.8 Å². The summed E-state index contributed by atoms with van der Waals surface area (Å²) in [7, 11) is 3.59. The molecule has 2 aliphatic heterocycles. The Kier molecular flexibility index (Phi) is 6.16. The lowest BCUT2D eigenvalue weighted by Crippen LogP contribution is -2.32. The number of likely N-dealkylation sites (tertiary alicyclic amines) is 1. The highest BCUT2D eigenvalue weighted by molar-refractivity contribution is 5.67. The summed E-state index contributed by atoms with van der Waals surface area (Å²) in [4.78, 5) is 6.50. The van der Waals surface area contributed by atoms with Crippen molar-refractivity contribution >= 4 is 0 Å². The number of hydrogen-bond donors (Lipinski definition) is 0. The molecule has 9 heteroatoms. The summed E-state index contributed by atoms with van der Waals surface area (Å²) >= 11 is 0. The van der Waals surface area contributed by atoms with Gasteiger partial charge >= 0.3 is 0 Å². The highest BCUT2D eigenvalue weighted by Gasteiger charge is 2.26. The van der Waals surface area contributed by atoms with E-state index in [2.05, 4.69) is 28.5 Å². The predicted octanol–water partition coefficient (Wildman–Crippen LogP) is 3.04. The first-order chi connectivity index (χ1) is 16.0. The van der Waals surface area contributed by atoms with Crippen LogP contribution in [0.25, 0.3) is 16.9 Å². The number of ether oxygens (including phenoxy) is 2. The number of nitrogens with zero attached hydrogens (tertiary/aromatic N) is 6. The molecule has 0 radical (unpaired) electrons. The van der Waals surface area contributed by atoms with E-state index in [9.17, 15) is 4.39 Å². The van der Waals surface area contributed by atoms with Crippen molar-refractivity contribution in [2.45, 2.75) is 39.2 Å². The molecule has 3 aromatic heterocycles. The molecular weight excluding hydrogens is 423 g/mol. The molecule has 0 amide bonds. The first-order valence-electron chi connectivity index (χ1n) is 11.6. The fourth-order valence-electron chi connectivity index (χ4n) is 4.91. The molecule has 1 saturated heterocycles. The maximum atomic E-state index is 14.4. The van der Waals surface area contributed by atoms with E-state index in [1.165, 1.54) is 26.0 Å². The number of pyridine rings is 1. The molecule has 5 rings (SSSR count). The van der Waals surface area contributed by atoms with Gasteiger partial charge in [0.05, 0.1) is 49.8 Å². The quantitative estimate of drug-likeness (QED) is 0.590. The SMILES string of the molecule is COc1ncc(-n2nc(-c3cnn(CC4CCN(C)CC4)c3C)c3c2CCOCC3)cc1F. The van der Waals surface area contributed by atoms with Crippen LogP contribution in [0.3, 0.4) is 0 Å². The number of methoxy groups -OCH3 is 1. The average molecular weight is 455 g/mol. The van der Waals surface area contributed by atoms with Gasteiger partial charge < -0.3 is 14.4 Å². The van der Waals surface area contributed by atoms with Gasteiger partial charge in [0.1, 0.15) is 0 Å². The smallest absolute Gasteiger partial charge is 0.250 e. The van der Waals surface area contributed by atoms with E-state index in [0.717, 1.165) is 54.3 Å². The zero-order valence-corrected chi connectivity index (χ0v) is 19.6. The number of fused-ring (bicyclic) bond motifs is 1. The fraction of sp³-hybridized carbons (Fsp3) is 0.542. The Balaban J connectivity index is 1.51. The molecule has 33 heavy (non-hydrogen) atoms. The van der Waals surface area contributed by atoms with E-state index in [-0.39, 0.29) is 5.88 Å². The molecule has 0 spiro atoms. The summed E-state index contributed by atoms with van der Waals surface area (Å²) in [6.45, 7) is 6.58. The maximum absolute atomic E-state index is 14.4. The Morgan fingerprint density at radius 2 is 1.97 bits per heavy atom. The molecule has 8 nitrogen and oxygen atoms in total. The monoisotopic (exact) mass is 454 g/mol. The van der Waals surface area contributed by atoms with E-state index in [1.54, 1.807) is 6.20 Å². The molecule has 0 N–H and O–H groups in total. The minimum Gasteiger partial charge on any atom is -0.479 e. The molecule has 0 aromatic carbocycles. The van der Waals surface area contributed by atoms with Crippen LogP contribution in [0.4, 0.5) is 4.39 Å². The van der Waals surface area contributed by atoms with E-state index >= 15 is 0 Å². The van der Waals surface area contributed by atoms with Crippen LogP contribution in [0.2, 0.25) is 0 Å². The number of aromatic nitrogens is 5. The summed E-state index contributed by atoms with van der Waals surface area (Å²) in [5.41, 5.74) is 5.81. The third-order valence-corrected chi connectivity index (χ3v) is 6.93. The zero-order valence-electron chi connectivity index (χ0n) is 19.6. The molecule has 0 atom stereocenters. The minimum atomic E-state index is -0.507. The third-order valence-electron chi connectivity index (χ3n) is 6.93. The molecule has 0 bridgehead atoms. The second-order valence-electron chi connectivity index (χ2n) is 9.06. The van der Waals surface area contributed by atoms with Crippen molar-refractivity contribution in [2.24, 2.45) is 5.92 Å². The lowest BCUT2D eigenvalue weighted by Gasteiger charge is -2.29. The first kappa shape index (κ1) is 22.0. The standard InChI is InChI=1S/C24H31FN6O2/c1-16-20(14-27-30(16)15-17-4-8-29(2)9-5-17)23-19-6-10-33-11-7-22(19)31(28-23)18-12-21(25)24(32-3)26-13-18/h12-14,17H,4-11,15H2,1-3H3. The number of hydrogen-bond acceptors (Lipinski definition) is 6. The van der Waals surface area contributed by atoms with Crippen molar-refractivity contribution in [3.8, 4) is 22.8 Å². The minimum absolute atomic E-state index is 0.0217. The van der Waals surface area contributed by atoms with E-state index in [1.807, 2.05) is 10.9 Å². The fourth-order valence-corrected chi connectivity index (χ4v) is 4.91. The molecule has 0 saturated carbocycles. The third kappa shape index (κ3) is 4.27. The van der Waals surface area contributed by atoms with Crippen molar-refractivity contribution in [3.63, 3.8) is 0 Å². The van der Waals surface area contributed by atoms with Gasteiger partial charge in [0.15, 0.2) is 5.82 Å². The second-order valence-corrected chi connectivity index (χ2v) is 9.06. The molecule has 0 unspecified atom stereocenters. The Labute approximate surface area is 193 Å². The van der Waals surface area contributed by atoms with Crippen molar-refractivity contribution in [1.29, 1.82) is 0 Å². The van der Waals surface area contributed by atoms with Crippen molar-refractivity contribution in [2.75, 3.05) is 40.5 Å². The van der Waals surface area contributed by atoms with Crippen LogP contribution in [0, 0.1) is 18.7 Å². The van der Waals surface area contributed by atoms with Gasteiger partial charge in [0.25, 0.3) is 0 Å². The van der Waals surface area contributed by atoms with Gasteiger partial charge in [-0.1, -0.05) is 0 Å². The molecule has 2 aliphatic rings. The van der Waals surface area contributed by atoms with E-state index < -0.39 is 5.82 Å². The lowest BCUT2D eigenvalue weighted by atomic mass is 9.97. The second kappa shape index (κ2) is 9.23. The number of rotatable bonds is 5. The van der Waals surface area contributed by atoms with Gasteiger partial charge in [-0.3, -0.25) is 4.68 Å². The van der Waals surface area contributed by atoms with Crippen molar-refractivity contribution < 1.29 is 13.9 Å². The lowest BCUT2D eigenvalue weighted by molar-refractivity contribution is 0.145. The van der Waals surface area contributed by atoms with Crippen LogP contribution in [-0.4, -0.2) is 69.9 Å². The molecule has 3 aromatic rings. The predicted molar refractivity (Wildman–Crippen MR) is 122 cm³/mol. The summed E-state index contributed by atoms with van der Waals surface area (Å²) in [6, 6.07) is 1.42. The summed E-state index contributed by atoms with van der Waals surface area (Å²) in [5.74, 6) is 0.114. The van der Waals surface area contributed by atoms with E-state index in [0.29, 0.717) is 31.2 Å². The van der Waals surface area contributed by atoms with Crippen LogP contribution >= 0.6 is 0 Å². The summed E-state index contributed by atoms with van der Waals surface area (Å²) in [5, 5.41) is 9.69. The molecule has 176 valence electrons. The zero-order chi connectivity index (χ0) is 22.9. The molecule has 5 heterocycles. The Morgan fingerprint density at radius 3 is 2.73 bits per heavy atom. The van der Waals surface area contributed by atoms with Crippen LogP contribution in [0.5, 0.6) is 5.88 Å². The van der Waals surface area contributed by atoms with Crippen molar-refractivity contribution in [3.05, 3.63) is 41.2 Å². The highest BCUT2D eigenvalue weighted by atomic mass is 19.1. The summed E-state index contributed by atoms with van der Waals surface area (Å²) in [6.07, 6.45) is 7.39. The summed E-state index contributed by atoms with van der Waals surface area (Å²) < 4.78 is 29.1. The maximum Gasteiger partial charge on any atom is 0.250 e. The van der Waals surface area contributed by atoms with Gasteiger partial charge in [-0.25, -0.2) is 14.1 Å². The van der Waals surface area contributed by atoms with Gasteiger partial charge in [0, 0.05) is 35.9 Å². The topological polar surface area (TPSA) is 70.2 Å². The van der Waals surface area contributed by atoms with Crippen LogP contribution < -0.4 is 4.74 Å². The highest BCUT2D eigenvalue weighted by Crippen LogP contribution is 2.32. The number of halogens is 1. The molecular formula is C24H31FN6O2. The van der Waals surface area contributed by atoms with Gasteiger partial charge in [-0.05, 0) is 52.2 Å².